The topological polar surface area (TPSA) is 43.9 Å². The van der Waals surface area contributed by atoms with Gasteiger partial charge in [-0.1, -0.05) is 74.2 Å². The van der Waals surface area contributed by atoms with Gasteiger partial charge in [0.1, 0.15) is 6.54 Å². The minimum atomic E-state index is -4.42. The van der Waals surface area contributed by atoms with Crippen molar-refractivity contribution in [2.75, 3.05) is 37.6 Å². The molecule has 5 nitrogen and oxygen atoms in total. The van der Waals surface area contributed by atoms with Gasteiger partial charge in [0.25, 0.3) is 0 Å². The summed E-state index contributed by atoms with van der Waals surface area (Å²) in [5.41, 5.74) is 3.11. The van der Waals surface area contributed by atoms with Crippen LogP contribution in [0, 0.1) is 17.6 Å². The molecular weight excluding hydrogens is 673 g/mol. The lowest BCUT2D eigenvalue weighted by Crippen LogP contribution is -2.44. The zero-order valence-corrected chi connectivity index (χ0v) is 29.6. The average molecular weight is 718 g/mol. The molecule has 0 aliphatic carbocycles. The number of likely N-dealkylation sites (tertiary alicyclic amines) is 1. The average Bonchev–Trinajstić information content (AvgIpc) is 3.14. The fourth-order valence-corrected chi connectivity index (χ4v) is 6.69. The van der Waals surface area contributed by atoms with E-state index in [1.807, 2.05) is 29.2 Å². The molecule has 10 heteroatoms. The van der Waals surface area contributed by atoms with E-state index < -0.39 is 23.4 Å². The van der Waals surface area contributed by atoms with Gasteiger partial charge in [0, 0.05) is 24.4 Å². The van der Waals surface area contributed by atoms with Gasteiger partial charge in [-0.25, -0.2) is 8.78 Å². The maximum absolute atomic E-state index is 14.6. The van der Waals surface area contributed by atoms with Crippen LogP contribution in [0.4, 0.5) is 27.6 Å². The zero-order valence-electron chi connectivity index (χ0n) is 29.6. The van der Waals surface area contributed by atoms with E-state index in [1.54, 1.807) is 29.2 Å². The van der Waals surface area contributed by atoms with Crippen LogP contribution >= 0.6 is 0 Å². The number of anilines is 1. The highest BCUT2D eigenvalue weighted by atomic mass is 19.4. The van der Waals surface area contributed by atoms with Crippen molar-refractivity contribution in [2.45, 2.75) is 52.3 Å². The number of benzene rings is 4. The van der Waals surface area contributed by atoms with Crippen LogP contribution in [-0.2, 0) is 23.9 Å². The van der Waals surface area contributed by atoms with Crippen LogP contribution in [0.2, 0.25) is 0 Å². The third kappa shape index (κ3) is 9.73. The van der Waals surface area contributed by atoms with E-state index in [9.17, 15) is 31.5 Å². The summed E-state index contributed by atoms with van der Waals surface area (Å²) in [6.45, 7) is 11.4. The monoisotopic (exact) mass is 717 g/mol. The minimum absolute atomic E-state index is 0.133. The number of rotatable bonds is 14. The van der Waals surface area contributed by atoms with E-state index in [4.69, 9.17) is 0 Å². The maximum atomic E-state index is 14.6. The van der Waals surface area contributed by atoms with Crippen molar-refractivity contribution in [1.82, 2.24) is 9.80 Å². The molecule has 1 aliphatic rings. The Labute approximate surface area is 302 Å². The number of halogens is 5. The van der Waals surface area contributed by atoms with E-state index in [2.05, 4.69) is 18.4 Å². The van der Waals surface area contributed by atoms with Crippen LogP contribution in [0.15, 0.2) is 103 Å². The van der Waals surface area contributed by atoms with Crippen molar-refractivity contribution in [1.29, 1.82) is 0 Å². The van der Waals surface area contributed by atoms with Crippen molar-refractivity contribution >= 4 is 17.4 Å². The van der Waals surface area contributed by atoms with Crippen LogP contribution in [0.1, 0.15) is 60.2 Å². The Bertz CT molecular complexity index is 1850. The summed E-state index contributed by atoms with van der Waals surface area (Å²) in [6.07, 6.45) is -2.19. The largest absolute Gasteiger partial charge is 0.416 e. The molecule has 0 radical (unpaired) electrons. The summed E-state index contributed by atoms with van der Waals surface area (Å²) in [5.74, 6) is -1.97. The molecule has 1 amide bonds. The number of para-hydroxylation sites is 1. The molecular formula is C42H44F5N3O2. The Hall–Kier alpha value is -4.83. The Morgan fingerprint density at radius 3 is 2.12 bits per heavy atom. The lowest BCUT2D eigenvalue weighted by Gasteiger charge is -2.36. The van der Waals surface area contributed by atoms with Gasteiger partial charge in [-0.05, 0) is 111 Å². The second kappa shape index (κ2) is 17.1. The second-order valence-corrected chi connectivity index (χ2v) is 13.4. The van der Waals surface area contributed by atoms with Crippen LogP contribution in [-0.4, -0.2) is 54.2 Å². The summed E-state index contributed by atoms with van der Waals surface area (Å²) in [5, 5.41) is 0. The van der Waals surface area contributed by atoms with Crippen LogP contribution in [0.5, 0.6) is 0 Å². The third-order valence-corrected chi connectivity index (χ3v) is 9.82. The van der Waals surface area contributed by atoms with Crippen molar-refractivity contribution in [3.8, 4) is 11.1 Å². The number of amides is 1. The molecule has 0 N–H and O–H groups in total. The summed E-state index contributed by atoms with van der Waals surface area (Å²) in [7, 11) is 0. The number of alkyl halides is 3. The predicted molar refractivity (Wildman–Crippen MR) is 195 cm³/mol. The first-order chi connectivity index (χ1) is 24.8. The van der Waals surface area contributed by atoms with Crippen LogP contribution in [0.25, 0.3) is 11.1 Å². The molecule has 0 saturated carbocycles. The van der Waals surface area contributed by atoms with Gasteiger partial charge in [-0.3, -0.25) is 9.59 Å². The molecule has 1 heterocycles. The number of hydrogen-bond acceptors (Lipinski definition) is 4. The highest BCUT2D eigenvalue weighted by Gasteiger charge is 2.30. The lowest BCUT2D eigenvalue weighted by atomic mass is 9.95. The Balaban J connectivity index is 1.40. The molecule has 1 saturated heterocycles. The van der Waals surface area contributed by atoms with Crippen molar-refractivity contribution < 1.29 is 31.5 Å². The van der Waals surface area contributed by atoms with Crippen molar-refractivity contribution in [2.24, 2.45) is 5.92 Å². The van der Waals surface area contributed by atoms with E-state index in [0.29, 0.717) is 35.6 Å². The van der Waals surface area contributed by atoms with Gasteiger partial charge in [-0.2, -0.15) is 13.2 Å². The Kier molecular flexibility index (Phi) is 12.6. The van der Waals surface area contributed by atoms with Gasteiger partial charge >= 0.3 is 6.18 Å². The molecule has 4 aromatic rings. The highest BCUT2D eigenvalue weighted by Crippen LogP contribution is 2.32. The fourth-order valence-electron chi connectivity index (χ4n) is 6.69. The van der Waals surface area contributed by atoms with E-state index in [1.165, 1.54) is 31.2 Å². The van der Waals surface area contributed by atoms with Gasteiger partial charge in [0.2, 0.25) is 5.91 Å². The summed E-state index contributed by atoms with van der Waals surface area (Å²) < 4.78 is 67.8. The maximum Gasteiger partial charge on any atom is 0.416 e. The number of allylic oxidation sites excluding steroid dienone is 1. The molecule has 0 unspecified atom stereocenters. The molecule has 5 rings (SSSR count). The predicted octanol–water partition coefficient (Wildman–Crippen LogP) is 9.57. The first-order valence-corrected chi connectivity index (χ1v) is 17.6. The SMILES string of the molecule is C=C(CCc1cccc(F)c1F)N(CC(=O)N(Cc1ccc(-c2ccc(C(F)(F)F)cc2)cc1)CC1CCN(CC)CC1)c1ccccc1C(C)=O. The first-order valence-electron chi connectivity index (χ1n) is 17.6. The zero-order chi connectivity index (χ0) is 37.4. The standard InChI is InChI=1S/C42H44F5N3O2/c1-4-48-24-22-32(23-25-48)27-49(26-31-13-16-33(17-14-31)34-18-20-36(21-19-34)42(45,46)47)40(52)28-50(39-11-6-5-9-37(39)30(3)51)29(2)12-15-35-8-7-10-38(43)41(35)44/h5-11,13-14,16-21,32H,2,4,12,15,22-28H2,1,3H3. The van der Waals surface area contributed by atoms with Crippen molar-refractivity contribution in [3.05, 3.63) is 137 Å². The lowest BCUT2D eigenvalue weighted by molar-refractivity contribution is -0.137. The summed E-state index contributed by atoms with van der Waals surface area (Å²) in [4.78, 5) is 33.1. The number of piperidine rings is 1. The third-order valence-electron chi connectivity index (χ3n) is 9.82. The molecule has 1 aliphatic heterocycles. The molecule has 0 atom stereocenters. The van der Waals surface area contributed by atoms with Crippen LogP contribution in [0.3, 0.4) is 0 Å². The van der Waals surface area contributed by atoms with E-state index >= 15 is 0 Å². The number of nitrogens with zero attached hydrogens (tertiary/aromatic N) is 3. The smallest absolute Gasteiger partial charge is 0.337 e. The molecule has 274 valence electrons. The summed E-state index contributed by atoms with van der Waals surface area (Å²) in [6, 6.07) is 23.4. The molecule has 0 spiro atoms. The van der Waals surface area contributed by atoms with E-state index in [-0.39, 0.29) is 42.6 Å². The number of Topliss-reactive ketones (excluding diaryl/α,β-unsaturated/α-hetero) is 1. The molecule has 52 heavy (non-hydrogen) atoms. The molecule has 4 aromatic carbocycles. The minimum Gasteiger partial charge on any atom is -0.337 e. The normalized spacial score (nSPS) is 13.9. The van der Waals surface area contributed by atoms with Gasteiger partial charge in [0.05, 0.1) is 11.3 Å². The molecule has 0 aromatic heterocycles. The molecule has 0 bridgehead atoms. The van der Waals surface area contributed by atoms with Gasteiger partial charge in [0.15, 0.2) is 17.4 Å². The number of carbonyl (C=O) groups excluding carboxylic acids is 2. The number of hydrogen-bond donors (Lipinski definition) is 0. The van der Waals surface area contributed by atoms with Crippen LogP contribution < -0.4 is 4.90 Å². The second-order valence-electron chi connectivity index (χ2n) is 13.4. The first kappa shape index (κ1) is 38.4. The number of ketones is 1. The van der Waals surface area contributed by atoms with Gasteiger partial charge in [-0.15, -0.1) is 0 Å². The number of aryl methyl sites for hydroxylation is 1. The Morgan fingerprint density at radius 2 is 1.50 bits per heavy atom. The summed E-state index contributed by atoms with van der Waals surface area (Å²) >= 11 is 0. The molecule has 1 fully saturated rings. The highest BCUT2D eigenvalue weighted by molar-refractivity contribution is 6.00. The fraction of sp³-hybridized carbons (Fsp3) is 0.333. The Morgan fingerprint density at radius 1 is 0.865 bits per heavy atom. The van der Waals surface area contributed by atoms with Gasteiger partial charge < -0.3 is 14.7 Å². The number of carbonyl (C=O) groups is 2. The van der Waals surface area contributed by atoms with Crippen molar-refractivity contribution in [3.63, 3.8) is 0 Å². The quantitative estimate of drug-likeness (QED) is 0.0963. The van der Waals surface area contributed by atoms with E-state index in [0.717, 1.165) is 61.8 Å².